The zero-order valence-electron chi connectivity index (χ0n) is 16.8. The first-order valence-electron chi connectivity index (χ1n) is 9.91. The minimum atomic E-state index is -0.0650. The first kappa shape index (κ1) is 20.8. The van der Waals surface area contributed by atoms with Gasteiger partial charge in [0.05, 0.1) is 16.7 Å². The number of fused-ring (bicyclic) bond motifs is 1. The standard InChI is InChI=1S/C24H24N2O2S2/c1-24(29-13-14-30-24)15-23(27)26-25-16-19-8-3-5-12-22(19)28-17-20-10-6-9-18-7-2-4-11-21(18)20/h2-12,16H,13-15,17H2,1H3,(H,26,27)/b25-16-. The van der Waals surface area contributed by atoms with Crippen LogP contribution in [0.2, 0.25) is 0 Å². The Kier molecular flexibility index (Phi) is 6.65. The van der Waals surface area contributed by atoms with Crippen LogP contribution in [-0.4, -0.2) is 27.7 Å². The largest absolute Gasteiger partial charge is 0.488 e. The average Bonchev–Trinajstić information content (AvgIpc) is 3.18. The van der Waals surface area contributed by atoms with Crippen LogP contribution >= 0.6 is 23.5 Å². The molecule has 1 aliphatic rings. The van der Waals surface area contributed by atoms with Gasteiger partial charge in [-0.2, -0.15) is 5.10 Å². The molecule has 0 unspecified atom stereocenters. The van der Waals surface area contributed by atoms with Gasteiger partial charge in [0, 0.05) is 17.1 Å². The molecule has 0 saturated carbocycles. The fourth-order valence-electron chi connectivity index (χ4n) is 3.46. The van der Waals surface area contributed by atoms with Crippen molar-refractivity contribution in [3.05, 3.63) is 77.9 Å². The summed E-state index contributed by atoms with van der Waals surface area (Å²) in [5.41, 5.74) is 4.62. The molecule has 30 heavy (non-hydrogen) atoms. The molecule has 0 bridgehead atoms. The van der Waals surface area contributed by atoms with Crippen LogP contribution in [0, 0.1) is 0 Å². The Balaban J connectivity index is 1.40. The van der Waals surface area contributed by atoms with Crippen LogP contribution in [0.15, 0.2) is 71.8 Å². The zero-order valence-corrected chi connectivity index (χ0v) is 18.5. The van der Waals surface area contributed by atoms with Crippen molar-refractivity contribution in [3.8, 4) is 5.75 Å². The van der Waals surface area contributed by atoms with Crippen molar-refractivity contribution in [2.75, 3.05) is 11.5 Å². The minimum Gasteiger partial charge on any atom is -0.488 e. The maximum Gasteiger partial charge on any atom is 0.242 e. The summed E-state index contributed by atoms with van der Waals surface area (Å²) in [4.78, 5) is 12.2. The summed E-state index contributed by atoms with van der Waals surface area (Å²) in [6, 6.07) is 22.2. The number of hydrogen-bond acceptors (Lipinski definition) is 5. The summed E-state index contributed by atoms with van der Waals surface area (Å²) in [5.74, 6) is 2.86. The number of para-hydroxylation sites is 1. The number of benzene rings is 3. The molecular weight excluding hydrogens is 412 g/mol. The number of carbonyl (C=O) groups excluding carboxylic acids is 1. The summed E-state index contributed by atoms with van der Waals surface area (Å²) in [5, 5.41) is 6.54. The van der Waals surface area contributed by atoms with Crippen LogP contribution in [0.3, 0.4) is 0 Å². The smallest absolute Gasteiger partial charge is 0.242 e. The van der Waals surface area contributed by atoms with Crippen LogP contribution < -0.4 is 10.2 Å². The normalized spacial score (nSPS) is 15.5. The second-order valence-electron chi connectivity index (χ2n) is 7.27. The van der Waals surface area contributed by atoms with E-state index in [-0.39, 0.29) is 9.99 Å². The predicted molar refractivity (Wildman–Crippen MR) is 128 cm³/mol. The Morgan fingerprint density at radius 3 is 2.67 bits per heavy atom. The molecule has 1 heterocycles. The van der Waals surface area contributed by atoms with Crippen molar-refractivity contribution in [2.45, 2.75) is 24.0 Å². The maximum absolute atomic E-state index is 12.2. The minimum absolute atomic E-state index is 0.0426. The Morgan fingerprint density at radius 1 is 1.07 bits per heavy atom. The van der Waals surface area contributed by atoms with E-state index in [0.717, 1.165) is 28.4 Å². The molecule has 4 nitrogen and oxygen atoms in total. The quantitative estimate of drug-likeness (QED) is 0.395. The molecule has 1 saturated heterocycles. The highest BCUT2D eigenvalue weighted by molar-refractivity contribution is 8.21. The van der Waals surface area contributed by atoms with Gasteiger partial charge in [0.25, 0.3) is 0 Å². The van der Waals surface area contributed by atoms with Gasteiger partial charge in [-0.05, 0) is 35.4 Å². The molecule has 0 aliphatic carbocycles. The Labute approximate surface area is 185 Å². The van der Waals surface area contributed by atoms with Gasteiger partial charge in [0.1, 0.15) is 12.4 Å². The van der Waals surface area contributed by atoms with Crippen molar-refractivity contribution in [2.24, 2.45) is 5.10 Å². The molecule has 1 amide bonds. The van der Waals surface area contributed by atoms with Gasteiger partial charge in [-0.25, -0.2) is 5.43 Å². The highest BCUT2D eigenvalue weighted by Gasteiger charge is 2.32. The second kappa shape index (κ2) is 9.58. The van der Waals surface area contributed by atoms with E-state index in [9.17, 15) is 4.79 Å². The summed E-state index contributed by atoms with van der Waals surface area (Å²) >= 11 is 3.68. The lowest BCUT2D eigenvalue weighted by molar-refractivity contribution is -0.121. The SMILES string of the molecule is CC1(CC(=O)N/N=C\c2ccccc2OCc2cccc3ccccc23)SCCS1. The Morgan fingerprint density at radius 2 is 1.80 bits per heavy atom. The molecular formula is C24H24N2O2S2. The zero-order chi connectivity index (χ0) is 20.8. The molecule has 154 valence electrons. The number of thioether (sulfide) groups is 2. The Bertz CT molecular complexity index is 1060. The highest BCUT2D eigenvalue weighted by atomic mass is 32.2. The fraction of sp³-hybridized carbons (Fsp3) is 0.250. The second-order valence-corrected chi connectivity index (χ2v) is 10.7. The van der Waals surface area contributed by atoms with Gasteiger partial charge >= 0.3 is 0 Å². The summed E-state index contributed by atoms with van der Waals surface area (Å²) in [6.45, 7) is 2.58. The number of amides is 1. The van der Waals surface area contributed by atoms with Crippen molar-refractivity contribution >= 4 is 46.4 Å². The molecule has 0 aromatic heterocycles. The maximum atomic E-state index is 12.2. The number of rotatable bonds is 7. The first-order valence-corrected chi connectivity index (χ1v) is 11.9. The summed E-state index contributed by atoms with van der Waals surface area (Å²) in [6.07, 6.45) is 2.10. The number of nitrogens with zero attached hydrogens (tertiary/aromatic N) is 1. The van der Waals surface area contributed by atoms with Gasteiger partial charge in [-0.15, -0.1) is 23.5 Å². The molecule has 0 atom stereocenters. The molecule has 0 radical (unpaired) electrons. The van der Waals surface area contributed by atoms with Crippen LogP contribution in [0.4, 0.5) is 0 Å². The van der Waals surface area contributed by atoms with E-state index in [1.54, 1.807) is 6.21 Å². The third-order valence-corrected chi connectivity index (χ3v) is 8.25. The van der Waals surface area contributed by atoms with Crippen molar-refractivity contribution < 1.29 is 9.53 Å². The topological polar surface area (TPSA) is 50.7 Å². The number of ether oxygens (including phenoxy) is 1. The van der Waals surface area contributed by atoms with E-state index < -0.39 is 0 Å². The highest BCUT2D eigenvalue weighted by Crippen LogP contribution is 2.45. The van der Waals surface area contributed by atoms with Crippen LogP contribution in [0.25, 0.3) is 10.8 Å². The number of nitrogens with one attached hydrogen (secondary N) is 1. The van der Waals surface area contributed by atoms with Gasteiger partial charge in [-0.3, -0.25) is 4.79 Å². The number of carbonyl (C=O) groups is 1. The van der Waals surface area contributed by atoms with Gasteiger partial charge in [-0.1, -0.05) is 54.6 Å². The van der Waals surface area contributed by atoms with Gasteiger partial charge < -0.3 is 4.74 Å². The molecule has 1 aliphatic heterocycles. The van der Waals surface area contributed by atoms with E-state index in [2.05, 4.69) is 41.7 Å². The van der Waals surface area contributed by atoms with Gasteiger partial charge in [0.15, 0.2) is 0 Å². The molecule has 3 aromatic rings. The lowest BCUT2D eigenvalue weighted by atomic mass is 10.1. The molecule has 3 aromatic carbocycles. The number of hydrazone groups is 1. The summed E-state index contributed by atoms with van der Waals surface area (Å²) in [7, 11) is 0. The monoisotopic (exact) mass is 436 g/mol. The predicted octanol–water partition coefficient (Wildman–Crippen LogP) is 5.46. The van der Waals surface area contributed by atoms with Crippen molar-refractivity contribution in [1.29, 1.82) is 0 Å². The summed E-state index contributed by atoms with van der Waals surface area (Å²) < 4.78 is 6.06. The molecule has 0 spiro atoms. The lowest BCUT2D eigenvalue weighted by Crippen LogP contribution is -2.26. The average molecular weight is 437 g/mol. The molecule has 1 fully saturated rings. The van der Waals surface area contributed by atoms with Gasteiger partial charge in [0.2, 0.25) is 5.91 Å². The van der Waals surface area contributed by atoms with E-state index in [4.69, 9.17) is 4.74 Å². The Hall–Kier alpha value is -2.44. The lowest BCUT2D eigenvalue weighted by Gasteiger charge is -2.19. The van der Waals surface area contributed by atoms with Crippen LogP contribution in [-0.2, 0) is 11.4 Å². The van der Waals surface area contributed by atoms with Crippen molar-refractivity contribution in [3.63, 3.8) is 0 Å². The van der Waals surface area contributed by atoms with E-state index in [1.807, 2.05) is 66.0 Å². The third kappa shape index (κ3) is 5.18. The first-order chi connectivity index (χ1) is 14.6. The van der Waals surface area contributed by atoms with Crippen LogP contribution in [0.1, 0.15) is 24.5 Å². The number of hydrogen-bond donors (Lipinski definition) is 1. The molecule has 6 heteroatoms. The van der Waals surface area contributed by atoms with Crippen LogP contribution in [0.5, 0.6) is 5.75 Å². The van der Waals surface area contributed by atoms with E-state index >= 15 is 0 Å². The molecule has 1 N–H and O–H groups in total. The molecule has 4 rings (SSSR count). The fourth-order valence-corrected chi connectivity index (χ4v) is 6.29. The van der Waals surface area contributed by atoms with E-state index in [1.165, 1.54) is 10.8 Å². The third-order valence-electron chi connectivity index (χ3n) is 4.95. The van der Waals surface area contributed by atoms with E-state index in [0.29, 0.717) is 13.0 Å². The van der Waals surface area contributed by atoms with Crippen molar-refractivity contribution in [1.82, 2.24) is 5.43 Å².